The lowest BCUT2D eigenvalue weighted by Gasteiger charge is -2.07. The molecule has 0 saturated carbocycles. The molecule has 2 aromatic rings. The van der Waals surface area contributed by atoms with Crippen molar-refractivity contribution in [2.45, 2.75) is 27.2 Å². The van der Waals surface area contributed by atoms with Crippen LogP contribution in [0.4, 0.5) is 0 Å². The van der Waals surface area contributed by atoms with Crippen LogP contribution in [0.5, 0.6) is 0 Å². The zero-order valence-corrected chi connectivity index (χ0v) is 11.0. The SMILES string of the molecule is Cc1ccc(C)c(C(=O)Cc2ncccc2C)c1. The van der Waals surface area contributed by atoms with E-state index in [1.165, 1.54) is 0 Å². The summed E-state index contributed by atoms with van der Waals surface area (Å²) in [7, 11) is 0. The maximum atomic E-state index is 12.3. The van der Waals surface area contributed by atoms with Crippen LogP contribution in [-0.2, 0) is 6.42 Å². The Hall–Kier alpha value is -1.96. The highest BCUT2D eigenvalue weighted by Crippen LogP contribution is 2.14. The summed E-state index contributed by atoms with van der Waals surface area (Å²) in [4.78, 5) is 16.6. The third-order valence-corrected chi connectivity index (χ3v) is 3.14. The largest absolute Gasteiger partial charge is 0.294 e. The second-order valence-corrected chi connectivity index (χ2v) is 4.69. The first kappa shape index (κ1) is 12.5. The van der Waals surface area contributed by atoms with E-state index in [4.69, 9.17) is 0 Å². The molecule has 0 radical (unpaired) electrons. The van der Waals surface area contributed by atoms with Gasteiger partial charge in [-0.15, -0.1) is 0 Å². The van der Waals surface area contributed by atoms with E-state index in [1.54, 1.807) is 6.20 Å². The molecule has 0 unspecified atom stereocenters. The molecule has 2 nitrogen and oxygen atoms in total. The first-order valence-corrected chi connectivity index (χ1v) is 6.09. The third kappa shape index (κ3) is 2.65. The van der Waals surface area contributed by atoms with Gasteiger partial charge in [0, 0.05) is 11.8 Å². The average molecular weight is 239 g/mol. The maximum Gasteiger partial charge on any atom is 0.169 e. The van der Waals surface area contributed by atoms with Gasteiger partial charge in [-0.05, 0) is 44.0 Å². The van der Waals surface area contributed by atoms with Gasteiger partial charge in [-0.2, -0.15) is 0 Å². The number of Topliss-reactive ketones (excluding diaryl/α,β-unsaturated/α-hetero) is 1. The van der Waals surface area contributed by atoms with E-state index in [0.717, 1.165) is 27.9 Å². The topological polar surface area (TPSA) is 30.0 Å². The van der Waals surface area contributed by atoms with Gasteiger partial charge in [0.2, 0.25) is 0 Å². The fourth-order valence-electron chi connectivity index (χ4n) is 1.99. The van der Waals surface area contributed by atoms with Crippen molar-refractivity contribution >= 4 is 5.78 Å². The number of rotatable bonds is 3. The quantitative estimate of drug-likeness (QED) is 0.768. The maximum absolute atomic E-state index is 12.3. The molecule has 0 bridgehead atoms. The number of aryl methyl sites for hydroxylation is 3. The number of carbonyl (C=O) groups is 1. The van der Waals surface area contributed by atoms with Gasteiger partial charge in [0.05, 0.1) is 12.1 Å². The fourth-order valence-corrected chi connectivity index (χ4v) is 1.99. The lowest BCUT2D eigenvalue weighted by Crippen LogP contribution is -2.08. The van der Waals surface area contributed by atoms with Gasteiger partial charge >= 0.3 is 0 Å². The molecule has 2 rings (SSSR count). The molecule has 1 aromatic carbocycles. The van der Waals surface area contributed by atoms with Crippen LogP contribution in [0.15, 0.2) is 36.5 Å². The normalized spacial score (nSPS) is 10.4. The summed E-state index contributed by atoms with van der Waals surface area (Å²) < 4.78 is 0. The van der Waals surface area contributed by atoms with E-state index in [1.807, 2.05) is 51.1 Å². The summed E-state index contributed by atoms with van der Waals surface area (Å²) in [5.74, 6) is 0.137. The molecule has 0 aliphatic rings. The van der Waals surface area contributed by atoms with E-state index in [9.17, 15) is 4.79 Å². The minimum Gasteiger partial charge on any atom is -0.294 e. The van der Waals surface area contributed by atoms with Gasteiger partial charge in [-0.25, -0.2) is 0 Å². The minimum absolute atomic E-state index is 0.137. The Morgan fingerprint density at radius 1 is 1.11 bits per heavy atom. The summed E-state index contributed by atoms with van der Waals surface area (Å²) in [6, 6.07) is 9.85. The number of hydrogen-bond acceptors (Lipinski definition) is 2. The number of ketones is 1. The van der Waals surface area contributed by atoms with Crippen LogP contribution < -0.4 is 0 Å². The summed E-state index contributed by atoms with van der Waals surface area (Å²) in [5, 5.41) is 0. The van der Waals surface area contributed by atoms with Crippen LogP contribution in [0.1, 0.15) is 32.7 Å². The lowest BCUT2D eigenvalue weighted by molar-refractivity contribution is 0.0991. The standard InChI is InChI=1S/C16H17NO/c1-11-6-7-12(2)14(9-11)16(18)10-15-13(3)5-4-8-17-15/h4-9H,10H2,1-3H3. The highest BCUT2D eigenvalue weighted by molar-refractivity contribution is 5.98. The summed E-state index contributed by atoms with van der Waals surface area (Å²) in [5.41, 5.74) is 4.88. The van der Waals surface area contributed by atoms with E-state index in [2.05, 4.69) is 4.98 Å². The molecule has 2 heteroatoms. The van der Waals surface area contributed by atoms with Gasteiger partial charge in [0.1, 0.15) is 0 Å². The third-order valence-electron chi connectivity index (χ3n) is 3.14. The molecule has 0 amide bonds. The highest BCUT2D eigenvalue weighted by Gasteiger charge is 2.12. The van der Waals surface area contributed by atoms with Crippen molar-refractivity contribution in [2.75, 3.05) is 0 Å². The van der Waals surface area contributed by atoms with E-state index < -0.39 is 0 Å². The molecule has 92 valence electrons. The lowest BCUT2D eigenvalue weighted by atomic mass is 9.98. The highest BCUT2D eigenvalue weighted by atomic mass is 16.1. The molecule has 0 N–H and O–H groups in total. The van der Waals surface area contributed by atoms with Crippen molar-refractivity contribution in [3.8, 4) is 0 Å². The first-order chi connectivity index (χ1) is 8.58. The number of aromatic nitrogens is 1. The molecular weight excluding hydrogens is 222 g/mol. The van der Waals surface area contributed by atoms with E-state index in [0.29, 0.717) is 6.42 Å². The van der Waals surface area contributed by atoms with Crippen molar-refractivity contribution in [1.29, 1.82) is 0 Å². The average Bonchev–Trinajstić information content (AvgIpc) is 2.35. The number of benzene rings is 1. The first-order valence-electron chi connectivity index (χ1n) is 6.09. The van der Waals surface area contributed by atoms with Gasteiger partial charge < -0.3 is 0 Å². The molecule has 0 fully saturated rings. The van der Waals surface area contributed by atoms with Crippen LogP contribution in [0.3, 0.4) is 0 Å². The van der Waals surface area contributed by atoms with Crippen molar-refractivity contribution in [3.63, 3.8) is 0 Å². The molecule has 0 aliphatic carbocycles. The molecular formula is C16H17NO. The Bertz CT molecular complexity index is 587. The summed E-state index contributed by atoms with van der Waals surface area (Å²) in [6.07, 6.45) is 2.11. The number of pyridine rings is 1. The number of carbonyl (C=O) groups excluding carboxylic acids is 1. The smallest absolute Gasteiger partial charge is 0.169 e. The Morgan fingerprint density at radius 3 is 2.61 bits per heavy atom. The van der Waals surface area contributed by atoms with Crippen LogP contribution in [0, 0.1) is 20.8 Å². The van der Waals surface area contributed by atoms with Crippen molar-refractivity contribution in [3.05, 3.63) is 64.5 Å². The second-order valence-electron chi connectivity index (χ2n) is 4.69. The Kier molecular flexibility index (Phi) is 3.56. The molecule has 0 saturated heterocycles. The zero-order chi connectivity index (χ0) is 13.1. The predicted molar refractivity (Wildman–Crippen MR) is 72.9 cm³/mol. The summed E-state index contributed by atoms with van der Waals surface area (Å²) >= 11 is 0. The van der Waals surface area contributed by atoms with Gasteiger partial charge in [0.15, 0.2) is 5.78 Å². The van der Waals surface area contributed by atoms with Crippen LogP contribution in [0.25, 0.3) is 0 Å². The van der Waals surface area contributed by atoms with Gasteiger partial charge in [0.25, 0.3) is 0 Å². The van der Waals surface area contributed by atoms with Crippen LogP contribution in [-0.4, -0.2) is 10.8 Å². The second kappa shape index (κ2) is 5.13. The van der Waals surface area contributed by atoms with Crippen molar-refractivity contribution < 1.29 is 4.79 Å². The predicted octanol–water partition coefficient (Wildman–Crippen LogP) is 3.43. The monoisotopic (exact) mass is 239 g/mol. The Balaban J connectivity index is 2.28. The van der Waals surface area contributed by atoms with Crippen LogP contribution >= 0.6 is 0 Å². The van der Waals surface area contributed by atoms with Crippen molar-refractivity contribution in [2.24, 2.45) is 0 Å². The van der Waals surface area contributed by atoms with E-state index in [-0.39, 0.29) is 5.78 Å². The minimum atomic E-state index is 0.137. The molecule has 1 heterocycles. The Morgan fingerprint density at radius 2 is 1.89 bits per heavy atom. The van der Waals surface area contributed by atoms with E-state index >= 15 is 0 Å². The molecule has 1 aromatic heterocycles. The molecule has 0 atom stereocenters. The number of hydrogen-bond donors (Lipinski definition) is 0. The number of nitrogens with zero attached hydrogens (tertiary/aromatic N) is 1. The molecule has 0 aliphatic heterocycles. The van der Waals surface area contributed by atoms with Gasteiger partial charge in [-0.3, -0.25) is 9.78 Å². The zero-order valence-electron chi connectivity index (χ0n) is 11.0. The molecule has 0 spiro atoms. The Labute approximate surface area is 108 Å². The van der Waals surface area contributed by atoms with Gasteiger partial charge in [-0.1, -0.05) is 23.8 Å². The van der Waals surface area contributed by atoms with Crippen molar-refractivity contribution in [1.82, 2.24) is 4.98 Å². The van der Waals surface area contributed by atoms with Crippen LogP contribution in [0.2, 0.25) is 0 Å². The molecule has 18 heavy (non-hydrogen) atoms. The summed E-state index contributed by atoms with van der Waals surface area (Å²) in [6.45, 7) is 5.96. The fraction of sp³-hybridized carbons (Fsp3) is 0.250.